The first-order valence-electron chi connectivity index (χ1n) is 10.8. The molecular formula is C25H27N3OS. The van der Waals surface area contributed by atoms with E-state index in [0.29, 0.717) is 6.61 Å². The number of thiophene rings is 1. The van der Waals surface area contributed by atoms with Gasteiger partial charge in [0, 0.05) is 22.3 Å². The number of hydrogen-bond acceptors (Lipinski definition) is 4. The van der Waals surface area contributed by atoms with Gasteiger partial charge in [-0.1, -0.05) is 55.0 Å². The molecule has 4 nitrogen and oxygen atoms in total. The van der Waals surface area contributed by atoms with E-state index in [9.17, 15) is 0 Å². The molecule has 0 aliphatic carbocycles. The molecule has 0 radical (unpaired) electrons. The SMILES string of the molecule is c1ccc(COc2nn(CCN3CCCCC3)cc2-c2cc3ccccc3s2)cc1. The van der Waals surface area contributed by atoms with Gasteiger partial charge in [-0.05, 0) is 49.0 Å². The molecule has 0 spiro atoms. The zero-order chi connectivity index (χ0) is 20.2. The Balaban J connectivity index is 1.39. The summed E-state index contributed by atoms with van der Waals surface area (Å²) in [6.07, 6.45) is 6.16. The second kappa shape index (κ2) is 9.02. The number of hydrogen-bond donors (Lipinski definition) is 0. The zero-order valence-electron chi connectivity index (χ0n) is 17.2. The maximum Gasteiger partial charge on any atom is 0.241 e. The zero-order valence-corrected chi connectivity index (χ0v) is 18.0. The minimum absolute atomic E-state index is 0.530. The van der Waals surface area contributed by atoms with Gasteiger partial charge < -0.3 is 9.64 Å². The van der Waals surface area contributed by atoms with Crippen molar-refractivity contribution in [3.8, 4) is 16.3 Å². The highest BCUT2D eigenvalue weighted by atomic mass is 32.1. The fourth-order valence-electron chi connectivity index (χ4n) is 4.06. The fraction of sp³-hybridized carbons (Fsp3) is 0.320. The van der Waals surface area contributed by atoms with Crippen LogP contribution < -0.4 is 4.74 Å². The number of ether oxygens (including phenoxy) is 1. The van der Waals surface area contributed by atoms with E-state index in [2.05, 4.69) is 58.2 Å². The van der Waals surface area contributed by atoms with Crippen LogP contribution in [0.5, 0.6) is 5.88 Å². The molecule has 1 aliphatic heterocycles. The van der Waals surface area contributed by atoms with E-state index in [1.54, 1.807) is 11.3 Å². The summed E-state index contributed by atoms with van der Waals surface area (Å²) in [5.41, 5.74) is 2.24. The summed E-state index contributed by atoms with van der Waals surface area (Å²) >= 11 is 1.80. The topological polar surface area (TPSA) is 30.3 Å². The first-order valence-corrected chi connectivity index (χ1v) is 11.6. The third-order valence-electron chi connectivity index (χ3n) is 5.73. The maximum atomic E-state index is 6.21. The van der Waals surface area contributed by atoms with Crippen molar-refractivity contribution in [3.63, 3.8) is 0 Å². The van der Waals surface area contributed by atoms with Crippen LogP contribution in [0.15, 0.2) is 66.9 Å². The Bertz CT molecular complexity index is 1060. The summed E-state index contributed by atoms with van der Waals surface area (Å²) in [7, 11) is 0. The van der Waals surface area contributed by atoms with Gasteiger partial charge >= 0.3 is 0 Å². The van der Waals surface area contributed by atoms with Gasteiger partial charge in [0.05, 0.1) is 12.1 Å². The molecule has 0 atom stereocenters. The maximum absolute atomic E-state index is 6.21. The predicted molar refractivity (Wildman–Crippen MR) is 124 cm³/mol. The molecule has 0 unspecified atom stereocenters. The standard InChI is InChI=1S/C25H27N3OS/c1-3-9-20(10-4-1)19-29-25-22(24-17-21-11-5-6-12-23(21)30-24)18-28(26-25)16-15-27-13-7-2-8-14-27/h1,3-6,9-12,17-18H,2,7-8,13-16,19H2. The molecule has 3 heterocycles. The molecule has 154 valence electrons. The number of aromatic nitrogens is 2. The van der Waals surface area contributed by atoms with Crippen molar-refractivity contribution in [3.05, 3.63) is 72.4 Å². The van der Waals surface area contributed by atoms with Crippen molar-refractivity contribution < 1.29 is 4.74 Å². The van der Waals surface area contributed by atoms with E-state index in [1.807, 2.05) is 18.2 Å². The number of nitrogens with zero attached hydrogens (tertiary/aromatic N) is 3. The monoisotopic (exact) mass is 417 g/mol. The van der Waals surface area contributed by atoms with Gasteiger partial charge in [0.15, 0.2) is 0 Å². The normalized spacial score (nSPS) is 14.9. The fourth-order valence-corrected chi connectivity index (χ4v) is 5.13. The minimum Gasteiger partial charge on any atom is -0.471 e. The quantitative estimate of drug-likeness (QED) is 0.379. The average Bonchev–Trinajstić information content (AvgIpc) is 3.41. The molecule has 5 heteroatoms. The highest BCUT2D eigenvalue weighted by molar-refractivity contribution is 7.22. The van der Waals surface area contributed by atoms with Gasteiger partial charge in [0.2, 0.25) is 5.88 Å². The lowest BCUT2D eigenvalue weighted by Gasteiger charge is -2.26. The smallest absolute Gasteiger partial charge is 0.241 e. The number of benzene rings is 2. The van der Waals surface area contributed by atoms with E-state index in [1.165, 1.54) is 47.3 Å². The second-order valence-corrected chi connectivity index (χ2v) is 9.02. The molecule has 2 aromatic carbocycles. The van der Waals surface area contributed by atoms with Gasteiger partial charge in [-0.15, -0.1) is 16.4 Å². The van der Waals surface area contributed by atoms with Crippen molar-refractivity contribution in [1.29, 1.82) is 0 Å². The molecule has 4 aromatic rings. The van der Waals surface area contributed by atoms with Gasteiger partial charge in [-0.3, -0.25) is 4.68 Å². The summed E-state index contributed by atoms with van der Waals surface area (Å²) in [6, 6.07) is 21.1. The highest BCUT2D eigenvalue weighted by Crippen LogP contribution is 2.38. The van der Waals surface area contributed by atoms with Crippen LogP contribution in [0.3, 0.4) is 0 Å². The first-order chi connectivity index (χ1) is 14.8. The van der Waals surface area contributed by atoms with E-state index in [4.69, 9.17) is 9.84 Å². The van der Waals surface area contributed by atoms with Crippen molar-refractivity contribution in [2.45, 2.75) is 32.4 Å². The van der Waals surface area contributed by atoms with Gasteiger partial charge in [-0.25, -0.2) is 0 Å². The predicted octanol–water partition coefficient (Wildman–Crippen LogP) is 5.83. The molecule has 1 aliphatic rings. The number of piperidine rings is 1. The Hall–Kier alpha value is -2.63. The van der Waals surface area contributed by atoms with Crippen molar-refractivity contribution in [1.82, 2.24) is 14.7 Å². The average molecular weight is 418 g/mol. The van der Waals surface area contributed by atoms with Crippen LogP contribution >= 0.6 is 11.3 Å². The summed E-state index contributed by atoms with van der Waals surface area (Å²) in [5.74, 6) is 0.726. The van der Waals surface area contributed by atoms with Gasteiger partial charge in [0.1, 0.15) is 6.61 Å². The summed E-state index contributed by atoms with van der Waals surface area (Å²) < 4.78 is 9.57. The second-order valence-electron chi connectivity index (χ2n) is 7.94. The lowest BCUT2D eigenvalue weighted by molar-refractivity contribution is 0.216. The van der Waals surface area contributed by atoms with E-state index < -0.39 is 0 Å². The Morgan fingerprint density at radius 3 is 2.53 bits per heavy atom. The molecule has 0 amide bonds. The minimum atomic E-state index is 0.530. The molecule has 30 heavy (non-hydrogen) atoms. The van der Waals surface area contributed by atoms with E-state index in [-0.39, 0.29) is 0 Å². The van der Waals surface area contributed by atoms with E-state index in [0.717, 1.165) is 30.1 Å². The third kappa shape index (κ3) is 4.42. The molecule has 5 rings (SSSR count). The van der Waals surface area contributed by atoms with Gasteiger partial charge in [-0.2, -0.15) is 0 Å². The lowest BCUT2D eigenvalue weighted by Crippen LogP contribution is -2.32. The molecule has 0 saturated carbocycles. The Labute approximate surface area is 181 Å². The first kappa shape index (κ1) is 19.3. The highest BCUT2D eigenvalue weighted by Gasteiger charge is 2.17. The number of likely N-dealkylation sites (tertiary alicyclic amines) is 1. The Kier molecular flexibility index (Phi) is 5.82. The largest absolute Gasteiger partial charge is 0.471 e. The molecular weight excluding hydrogens is 390 g/mol. The van der Waals surface area contributed by atoms with Crippen LogP contribution in [0, 0.1) is 0 Å². The molecule has 1 saturated heterocycles. The number of fused-ring (bicyclic) bond motifs is 1. The summed E-state index contributed by atoms with van der Waals surface area (Å²) in [6.45, 7) is 4.89. The number of rotatable bonds is 7. The van der Waals surface area contributed by atoms with Crippen molar-refractivity contribution in [2.24, 2.45) is 0 Å². The Morgan fingerprint density at radius 1 is 0.900 bits per heavy atom. The van der Waals surface area contributed by atoms with Crippen LogP contribution in [-0.4, -0.2) is 34.3 Å². The van der Waals surface area contributed by atoms with E-state index >= 15 is 0 Å². The molecule has 1 fully saturated rings. The summed E-state index contributed by atoms with van der Waals surface area (Å²) in [5, 5.41) is 6.10. The van der Waals surface area contributed by atoms with Crippen LogP contribution in [0.2, 0.25) is 0 Å². The summed E-state index contributed by atoms with van der Waals surface area (Å²) in [4.78, 5) is 3.76. The van der Waals surface area contributed by atoms with Crippen LogP contribution in [0.1, 0.15) is 24.8 Å². The molecule has 2 aromatic heterocycles. The van der Waals surface area contributed by atoms with Crippen LogP contribution in [-0.2, 0) is 13.2 Å². The van der Waals surface area contributed by atoms with Gasteiger partial charge in [0.25, 0.3) is 0 Å². The Morgan fingerprint density at radius 2 is 1.70 bits per heavy atom. The van der Waals surface area contributed by atoms with Crippen molar-refractivity contribution >= 4 is 21.4 Å². The molecule has 0 bridgehead atoms. The van der Waals surface area contributed by atoms with Crippen molar-refractivity contribution in [2.75, 3.05) is 19.6 Å². The third-order valence-corrected chi connectivity index (χ3v) is 6.88. The lowest BCUT2D eigenvalue weighted by atomic mass is 10.1. The van der Waals surface area contributed by atoms with Crippen LogP contribution in [0.25, 0.3) is 20.5 Å². The molecule has 0 N–H and O–H groups in total. The van der Waals surface area contributed by atoms with Crippen LogP contribution in [0.4, 0.5) is 0 Å².